The predicted octanol–water partition coefficient (Wildman–Crippen LogP) is 2.97. The van der Waals surface area contributed by atoms with Crippen molar-refractivity contribution in [2.75, 3.05) is 13.2 Å². The van der Waals surface area contributed by atoms with E-state index in [0.29, 0.717) is 18.8 Å². The summed E-state index contributed by atoms with van der Waals surface area (Å²) < 4.78 is 10.1. The third-order valence-corrected chi connectivity index (χ3v) is 2.51. The lowest BCUT2D eigenvalue weighted by atomic mass is 10.3. The number of benzene rings is 1. The molecule has 7 heteroatoms. The maximum Gasteiger partial charge on any atom is 0.305 e. The van der Waals surface area contributed by atoms with Crippen molar-refractivity contribution in [3.63, 3.8) is 0 Å². The van der Waals surface area contributed by atoms with E-state index in [2.05, 4.69) is 0 Å². The van der Waals surface area contributed by atoms with Gasteiger partial charge in [-0.3, -0.25) is 14.9 Å². The Morgan fingerprint density at radius 3 is 2.79 bits per heavy atom. The molecule has 1 aromatic rings. The van der Waals surface area contributed by atoms with Gasteiger partial charge in [-0.15, -0.1) is 0 Å². The van der Waals surface area contributed by atoms with Crippen molar-refractivity contribution < 1.29 is 19.2 Å². The molecule has 0 radical (unpaired) electrons. The molecule has 19 heavy (non-hydrogen) atoms. The summed E-state index contributed by atoms with van der Waals surface area (Å²) in [6.07, 6.45) is 0.755. The molecular weight excluding hydrogens is 274 g/mol. The average Bonchev–Trinajstić information content (AvgIpc) is 2.36. The maximum absolute atomic E-state index is 11.1. The molecule has 104 valence electrons. The second-order valence-corrected chi connectivity index (χ2v) is 4.04. The minimum absolute atomic E-state index is 0.0936. The number of halogens is 1. The number of nitro groups is 1. The van der Waals surface area contributed by atoms with Gasteiger partial charge in [0.15, 0.2) is 0 Å². The first-order valence-electron chi connectivity index (χ1n) is 5.77. The van der Waals surface area contributed by atoms with Crippen LogP contribution in [0.25, 0.3) is 0 Å². The predicted molar refractivity (Wildman–Crippen MR) is 69.5 cm³/mol. The van der Waals surface area contributed by atoms with E-state index in [-0.39, 0.29) is 29.7 Å². The van der Waals surface area contributed by atoms with Gasteiger partial charge in [0.1, 0.15) is 5.75 Å². The lowest BCUT2D eigenvalue weighted by Gasteiger charge is -2.07. The van der Waals surface area contributed by atoms with Crippen LogP contribution in [0.5, 0.6) is 5.75 Å². The SMILES string of the molecule is CCOC(=O)CCCOc1ccc([N+](=O)[O-])cc1Cl. The molecular formula is C12H14ClNO5. The number of hydrogen-bond donors (Lipinski definition) is 0. The van der Waals surface area contributed by atoms with Crippen LogP contribution >= 0.6 is 11.6 Å². The van der Waals surface area contributed by atoms with E-state index in [1.165, 1.54) is 18.2 Å². The van der Waals surface area contributed by atoms with Crippen LogP contribution in [0.3, 0.4) is 0 Å². The number of nitrogens with zero attached hydrogens (tertiary/aromatic N) is 1. The average molecular weight is 288 g/mol. The van der Waals surface area contributed by atoms with Crippen LogP contribution in [0.4, 0.5) is 5.69 Å². The summed E-state index contributed by atoms with van der Waals surface area (Å²) in [6, 6.07) is 3.97. The Kier molecular flexibility index (Phi) is 6.08. The molecule has 0 aliphatic carbocycles. The first kappa shape index (κ1) is 15.2. The fraction of sp³-hybridized carbons (Fsp3) is 0.417. The van der Waals surface area contributed by atoms with Gasteiger partial charge in [-0.2, -0.15) is 0 Å². The van der Waals surface area contributed by atoms with Crippen LogP contribution in [0.15, 0.2) is 18.2 Å². The molecule has 0 heterocycles. The molecule has 0 saturated heterocycles. The summed E-state index contributed by atoms with van der Waals surface area (Å²) in [5, 5.41) is 10.7. The van der Waals surface area contributed by atoms with Crippen molar-refractivity contribution in [1.82, 2.24) is 0 Å². The molecule has 1 rings (SSSR count). The Morgan fingerprint density at radius 1 is 1.47 bits per heavy atom. The molecule has 0 bridgehead atoms. The highest BCUT2D eigenvalue weighted by atomic mass is 35.5. The fourth-order valence-electron chi connectivity index (χ4n) is 1.35. The quantitative estimate of drug-likeness (QED) is 0.333. The summed E-state index contributed by atoms with van der Waals surface area (Å²) in [6.45, 7) is 2.38. The molecule has 6 nitrogen and oxygen atoms in total. The van der Waals surface area contributed by atoms with E-state index in [9.17, 15) is 14.9 Å². The zero-order chi connectivity index (χ0) is 14.3. The molecule has 0 N–H and O–H groups in total. The number of non-ortho nitro benzene ring substituents is 1. The lowest BCUT2D eigenvalue weighted by Crippen LogP contribution is -2.06. The molecule has 0 aliphatic rings. The smallest absolute Gasteiger partial charge is 0.305 e. The van der Waals surface area contributed by atoms with E-state index in [1.54, 1.807) is 6.92 Å². The monoisotopic (exact) mass is 287 g/mol. The summed E-state index contributed by atoms with van der Waals surface area (Å²) in [7, 11) is 0. The number of hydrogen-bond acceptors (Lipinski definition) is 5. The van der Waals surface area contributed by atoms with Crippen LogP contribution in [0.1, 0.15) is 19.8 Å². The topological polar surface area (TPSA) is 78.7 Å². The molecule has 0 fully saturated rings. The minimum Gasteiger partial charge on any atom is -0.492 e. The molecule has 0 saturated carbocycles. The minimum atomic E-state index is -0.531. The molecule has 0 aromatic heterocycles. The van der Waals surface area contributed by atoms with Crippen molar-refractivity contribution in [2.24, 2.45) is 0 Å². The Hall–Kier alpha value is -1.82. The van der Waals surface area contributed by atoms with E-state index >= 15 is 0 Å². The summed E-state index contributed by atoms with van der Waals surface area (Å²) in [5.74, 6) is 0.0806. The molecule has 0 aliphatic heterocycles. The lowest BCUT2D eigenvalue weighted by molar-refractivity contribution is -0.384. The first-order valence-corrected chi connectivity index (χ1v) is 6.14. The van der Waals surface area contributed by atoms with Crippen molar-refractivity contribution >= 4 is 23.3 Å². The highest BCUT2D eigenvalue weighted by Gasteiger charge is 2.10. The summed E-state index contributed by atoms with van der Waals surface area (Å²) >= 11 is 5.84. The van der Waals surface area contributed by atoms with Crippen LogP contribution in [-0.2, 0) is 9.53 Å². The number of carbonyl (C=O) groups excluding carboxylic acids is 1. The van der Waals surface area contributed by atoms with Crippen LogP contribution < -0.4 is 4.74 Å². The van der Waals surface area contributed by atoms with Crippen LogP contribution in [0, 0.1) is 10.1 Å². The largest absolute Gasteiger partial charge is 0.492 e. The zero-order valence-corrected chi connectivity index (χ0v) is 11.2. The highest BCUT2D eigenvalue weighted by Crippen LogP contribution is 2.28. The molecule has 0 spiro atoms. The van der Waals surface area contributed by atoms with Gasteiger partial charge < -0.3 is 9.47 Å². The van der Waals surface area contributed by atoms with Gasteiger partial charge in [-0.05, 0) is 19.4 Å². The standard InChI is InChI=1S/C12H14ClNO5/c1-2-18-12(15)4-3-7-19-11-6-5-9(14(16)17)8-10(11)13/h5-6,8H,2-4,7H2,1H3. The Morgan fingerprint density at radius 2 is 2.21 bits per heavy atom. The third-order valence-electron chi connectivity index (χ3n) is 2.21. The second kappa shape index (κ2) is 7.58. The number of nitro benzene ring substituents is 1. The highest BCUT2D eigenvalue weighted by molar-refractivity contribution is 6.32. The second-order valence-electron chi connectivity index (χ2n) is 3.63. The first-order chi connectivity index (χ1) is 9.04. The zero-order valence-electron chi connectivity index (χ0n) is 10.4. The fourth-order valence-corrected chi connectivity index (χ4v) is 1.58. The van der Waals surface area contributed by atoms with Gasteiger partial charge in [0, 0.05) is 18.6 Å². The van der Waals surface area contributed by atoms with Gasteiger partial charge >= 0.3 is 5.97 Å². The number of carbonyl (C=O) groups is 1. The number of esters is 1. The Bertz CT molecular complexity index is 463. The Labute approximate surface area is 115 Å². The number of ether oxygens (including phenoxy) is 2. The van der Waals surface area contributed by atoms with Crippen molar-refractivity contribution in [2.45, 2.75) is 19.8 Å². The van der Waals surface area contributed by atoms with Crippen molar-refractivity contribution in [1.29, 1.82) is 0 Å². The van der Waals surface area contributed by atoms with E-state index in [0.717, 1.165) is 0 Å². The van der Waals surface area contributed by atoms with Crippen LogP contribution in [-0.4, -0.2) is 24.1 Å². The molecule has 0 unspecified atom stereocenters. The summed E-state index contributed by atoms with van der Waals surface area (Å²) in [5.41, 5.74) is -0.0936. The van der Waals surface area contributed by atoms with Gasteiger partial charge in [0.2, 0.25) is 0 Å². The normalized spacial score (nSPS) is 10.0. The van der Waals surface area contributed by atoms with Crippen molar-refractivity contribution in [3.8, 4) is 5.75 Å². The van der Waals surface area contributed by atoms with Gasteiger partial charge in [-0.25, -0.2) is 0 Å². The van der Waals surface area contributed by atoms with Gasteiger partial charge in [0.25, 0.3) is 5.69 Å². The van der Waals surface area contributed by atoms with Gasteiger partial charge in [-0.1, -0.05) is 11.6 Å². The molecule has 0 amide bonds. The van der Waals surface area contributed by atoms with Crippen molar-refractivity contribution in [3.05, 3.63) is 33.3 Å². The Balaban J connectivity index is 2.41. The molecule has 1 aromatic carbocycles. The van der Waals surface area contributed by atoms with Gasteiger partial charge in [0.05, 0.1) is 23.2 Å². The van der Waals surface area contributed by atoms with E-state index in [4.69, 9.17) is 21.1 Å². The third kappa shape index (κ3) is 5.13. The van der Waals surface area contributed by atoms with Crippen LogP contribution in [0.2, 0.25) is 5.02 Å². The van der Waals surface area contributed by atoms with E-state index < -0.39 is 4.92 Å². The summed E-state index contributed by atoms with van der Waals surface area (Å²) in [4.78, 5) is 21.0. The molecule has 0 atom stereocenters. The number of rotatable bonds is 7. The maximum atomic E-state index is 11.1. The van der Waals surface area contributed by atoms with E-state index in [1.807, 2.05) is 0 Å².